The number of carbonyl (C=O) groups is 1. The lowest BCUT2D eigenvalue weighted by molar-refractivity contribution is 0.112. The predicted octanol–water partition coefficient (Wildman–Crippen LogP) is 3.65. The highest BCUT2D eigenvalue weighted by molar-refractivity contribution is 7.28. The van der Waals surface area contributed by atoms with Gasteiger partial charge in [-0.15, -0.1) is 22.7 Å². The van der Waals surface area contributed by atoms with Crippen molar-refractivity contribution in [3.05, 3.63) is 21.9 Å². The van der Waals surface area contributed by atoms with Crippen LogP contribution in [0.5, 0.6) is 0 Å². The average Bonchev–Trinajstić information content (AvgIpc) is 2.77. The van der Waals surface area contributed by atoms with Crippen molar-refractivity contribution in [2.75, 3.05) is 0 Å². The van der Waals surface area contributed by atoms with Crippen molar-refractivity contribution in [2.45, 2.75) is 18.8 Å². The van der Waals surface area contributed by atoms with Crippen molar-refractivity contribution in [1.29, 1.82) is 0 Å². The molecule has 66 valence electrons. The maximum Gasteiger partial charge on any atom is 0.160 e. The van der Waals surface area contributed by atoms with Crippen molar-refractivity contribution in [2.24, 2.45) is 0 Å². The molecule has 1 aliphatic rings. The van der Waals surface area contributed by atoms with Crippen molar-refractivity contribution >= 4 is 38.4 Å². The largest absolute Gasteiger partial charge is 0.297 e. The zero-order chi connectivity index (χ0) is 8.84. The molecule has 2 aromatic rings. The second-order valence-electron chi connectivity index (χ2n) is 3.39. The van der Waals surface area contributed by atoms with Gasteiger partial charge in [0.05, 0.1) is 4.88 Å². The summed E-state index contributed by atoms with van der Waals surface area (Å²) >= 11 is 3.41. The molecular formula is C10H8OS2. The van der Waals surface area contributed by atoms with Crippen LogP contribution in [0.1, 0.15) is 34.0 Å². The Morgan fingerprint density at radius 1 is 1.46 bits per heavy atom. The topological polar surface area (TPSA) is 17.1 Å². The Hall–Kier alpha value is -0.670. The first-order chi connectivity index (χ1) is 6.40. The molecule has 2 aromatic heterocycles. The number of carbonyl (C=O) groups excluding carboxylic acids is 1. The molecule has 2 heterocycles. The van der Waals surface area contributed by atoms with Crippen LogP contribution in [-0.4, -0.2) is 6.29 Å². The zero-order valence-electron chi connectivity index (χ0n) is 6.95. The molecule has 0 saturated heterocycles. The Labute approximate surface area is 84.0 Å². The van der Waals surface area contributed by atoms with Crippen LogP contribution in [0.15, 0.2) is 11.4 Å². The lowest BCUT2D eigenvalue weighted by Gasteiger charge is -1.92. The molecule has 0 atom stereocenters. The van der Waals surface area contributed by atoms with Gasteiger partial charge in [0.15, 0.2) is 6.29 Å². The molecule has 1 aliphatic carbocycles. The van der Waals surface area contributed by atoms with E-state index in [1.54, 1.807) is 22.7 Å². The van der Waals surface area contributed by atoms with Crippen LogP contribution < -0.4 is 0 Å². The molecule has 1 nitrogen and oxygen atoms in total. The number of aldehydes is 1. The van der Waals surface area contributed by atoms with Gasteiger partial charge in [0.1, 0.15) is 0 Å². The molecule has 0 aliphatic heterocycles. The monoisotopic (exact) mass is 208 g/mol. The van der Waals surface area contributed by atoms with E-state index in [1.807, 2.05) is 0 Å². The smallest absolute Gasteiger partial charge is 0.160 e. The number of rotatable bonds is 2. The van der Waals surface area contributed by atoms with E-state index < -0.39 is 0 Å². The predicted molar refractivity (Wildman–Crippen MR) is 57.1 cm³/mol. The lowest BCUT2D eigenvalue weighted by Crippen LogP contribution is -1.81. The van der Waals surface area contributed by atoms with Gasteiger partial charge in [-0.2, -0.15) is 0 Å². The molecule has 0 N–H and O–H groups in total. The summed E-state index contributed by atoms with van der Waals surface area (Å²) in [5, 5.41) is 2.11. The fraction of sp³-hybridized carbons (Fsp3) is 0.300. The Morgan fingerprint density at radius 2 is 2.31 bits per heavy atom. The summed E-state index contributed by atoms with van der Waals surface area (Å²) < 4.78 is 2.64. The van der Waals surface area contributed by atoms with Crippen LogP contribution in [0.2, 0.25) is 0 Å². The van der Waals surface area contributed by atoms with Crippen LogP contribution >= 0.6 is 22.7 Å². The standard InChI is InChI=1S/C10H8OS2/c11-5-8-9(6-1-2-6)10-7(13-8)3-4-12-10/h3-6H,1-2H2. The first-order valence-electron chi connectivity index (χ1n) is 4.35. The highest BCUT2D eigenvalue weighted by Crippen LogP contribution is 2.48. The van der Waals surface area contributed by atoms with Crippen LogP contribution in [0, 0.1) is 0 Å². The van der Waals surface area contributed by atoms with Crippen LogP contribution in [0.3, 0.4) is 0 Å². The molecular weight excluding hydrogens is 200 g/mol. The third kappa shape index (κ3) is 1.07. The molecule has 0 spiro atoms. The molecule has 0 unspecified atom stereocenters. The average molecular weight is 208 g/mol. The van der Waals surface area contributed by atoms with Crippen LogP contribution in [0.25, 0.3) is 9.40 Å². The fourth-order valence-corrected chi connectivity index (χ4v) is 4.06. The van der Waals surface area contributed by atoms with Gasteiger partial charge in [0, 0.05) is 9.40 Å². The van der Waals surface area contributed by atoms with Crippen molar-refractivity contribution in [1.82, 2.24) is 0 Å². The van der Waals surface area contributed by atoms with E-state index in [0.29, 0.717) is 5.92 Å². The third-order valence-electron chi connectivity index (χ3n) is 2.45. The van der Waals surface area contributed by atoms with Gasteiger partial charge in [0.2, 0.25) is 0 Å². The van der Waals surface area contributed by atoms with Gasteiger partial charge >= 0.3 is 0 Å². The Morgan fingerprint density at radius 3 is 3.00 bits per heavy atom. The van der Waals surface area contributed by atoms with E-state index in [9.17, 15) is 4.79 Å². The lowest BCUT2D eigenvalue weighted by atomic mass is 10.1. The van der Waals surface area contributed by atoms with Gasteiger partial charge in [0.25, 0.3) is 0 Å². The van der Waals surface area contributed by atoms with E-state index in [1.165, 1.54) is 27.8 Å². The molecule has 0 radical (unpaired) electrons. The van der Waals surface area contributed by atoms with Crippen LogP contribution in [-0.2, 0) is 0 Å². The molecule has 3 heteroatoms. The minimum atomic E-state index is 0.688. The van der Waals surface area contributed by atoms with E-state index in [2.05, 4.69) is 11.4 Å². The molecule has 0 bridgehead atoms. The Bertz CT molecular complexity index is 462. The first-order valence-corrected chi connectivity index (χ1v) is 6.05. The summed E-state index contributed by atoms with van der Waals surface area (Å²) in [5.74, 6) is 0.688. The Kier molecular flexibility index (Phi) is 1.58. The number of hydrogen-bond acceptors (Lipinski definition) is 3. The van der Waals surface area contributed by atoms with Crippen molar-refractivity contribution in [3.8, 4) is 0 Å². The summed E-state index contributed by atoms with van der Waals surface area (Å²) in [6.45, 7) is 0. The first kappa shape index (κ1) is 7.71. The van der Waals surface area contributed by atoms with Crippen LogP contribution in [0.4, 0.5) is 0 Å². The molecule has 0 aromatic carbocycles. The summed E-state index contributed by atoms with van der Waals surface area (Å²) in [5.41, 5.74) is 1.34. The van der Waals surface area contributed by atoms with Crippen molar-refractivity contribution < 1.29 is 4.79 Å². The highest BCUT2D eigenvalue weighted by Gasteiger charge is 2.29. The Balaban J connectivity index is 2.33. The number of fused-ring (bicyclic) bond motifs is 1. The van der Waals surface area contributed by atoms with Gasteiger partial charge in [-0.25, -0.2) is 0 Å². The number of thiophene rings is 2. The quantitative estimate of drug-likeness (QED) is 0.688. The normalized spacial score (nSPS) is 16.6. The van der Waals surface area contributed by atoms with Gasteiger partial charge in [-0.1, -0.05) is 0 Å². The number of hydrogen-bond donors (Lipinski definition) is 0. The molecule has 13 heavy (non-hydrogen) atoms. The fourth-order valence-electron chi connectivity index (χ4n) is 1.71. The molecule has 1 saturated carbocycles. The summed E-state index contributed by atoms with van der Waals surface area (Å²) in [6, 6.07) is 2.11. The maximum absolute atomic E-state index is 10.8. The van der Waals surface area contributed by atoms with E-state index in [-0.39, 0.29) is 0 Å². The van der Waals surface area contributed by atoms with E-state index >= 15 is 0 Å². The highest BCUT2D eigenvalue weighted by atomic mass is 32.1. The molecule has 3 rings (SSSR count). The zero-order valence-corrected chi connectivity index (χ0v) is 8.58. The minimum absolute atomic E-state index is 0.688. The summed E-state index contributed by atoms with van der Waals surface area (Å²) in [7, 11) is 0. The van der Waals surface area contributed by atoms with E-state index in [4.69, 9.17) is 0 Å². The minimum Gasteiger partial charge on any atom is -0.297 e. The second kappa shape index (κ2) is 2.66. The van der Waals surface area contributed by atoms with Gasteiger partial charge in [-0.3, -0.25) is 4.79 Å². The SMILES string of the molecule is O=Cc1sc2ccsc2c1C1CC1. The van der Waals surface area contributed by atoms with E-state index in [0.717, 1.165) is 11.2 Å². The summed E-state index contributed by atoms with van der Waals surface area (Å²) in [6.07, 6.45) is 3.56. The molecule has 0 amide bonds. The van der Waals surface area contributed by atoms with Gasteiger partial charge < -0.3 is 0 Å². The summed E-state index contributed by atoms with van der Waals surface area (Å²) in [4.78, 5) is 11.8. The van der Waals surface area contributed by atoms with Crippen molar-refractivity contribution in [3.63, 3.8) is 0 Å². The molecule has 1 fully saturated rings. The maximum atomic E-state index is 10.8. The third-order valence-corrected chi connectivity index (χ3v) is 4.62. The second-order valence-corrected chi connectivity index (χ2v) is 5.39. The van der Waals surface area contributed by atoms with Gasteiger partial charge in [-0.05, 0) is 35.8 Å².